The predicted molar refractivity (Wildman–Crippen MR) is 78.5 cm³/mol. The van der Waals surface area contributed by atoms with Gasteiger partial charge in [-0.3, -0.25) is 0 Å². The van der Waals surface area contributed by atoms with E-state index in [1.807, 2.05) is 26.0 Å². The summed E-state index contributed by atoms with van der Waals surface area (Å²) in [4.78, 5) is 8.35. The highest BCUT2D eigenvalue weighted by Gasteiger charge is 2.13. The van der Waals surface area contributed by atoms with E-state index >= 15 is 0 Å². The Morgan fingerprint density at radius 2 is 1.81 bits per heavy atom. The lowest BCUT2D eigenvalue weighted by molar-refractivity contribution is 0.432. The molecule has 0 saturated carbocycles. The molecule has 21 heavy (non-hydrogen) atoms. The monoisotopic (exact) mass is 282 g/mol. The first-order chi connectivity index (χ1) is 10.0. The minimum atomic E-state index is 0.283. The number of hydrogen-bond donors (Lipinski definition) is 2. The Kier molecular flexibility index (Phi) is 3.06. The first-order valence-electron chi connectivity index (χ1n) is 6.41. The highest BCUT2D eigenvalue weighted by molar-refractivity contribution is 5.63. The number of phenols is 1. The standard InChI is InChI=1S/C15H14N4O2/c1-8-5-11(6-9(2)13(8)20)14-18-15(21-19-14)10-3-4-12(16)17-7-10/h3-7,20H,1-2H3,(H2,16,17). The second kappa shape index (κ2) is 4.90. The van der Waals surface area contributed by atoms with Crippen molar-refractivity contribution in [1.29, 1.82) is 0 Å². The number of nitrogens with two attached hydrogens (primary N) is 1. The normalized spacial score (nSPS) is 10.8. The summed E-state index contributed by atoms with van der Waals surface area (Å²) in [6.07, 6.45) is 1.58. The van der Waals surface area contributed by atoms with Crippen LogP contribution >= 0.6 is 0 Å². The minimum absolute atomic E-state index is 0.283. The van der Waals surface area contributed by atoms with Crippen molar-refractivity contribution in [1.82, 2.24) is 15.1 Å². The SMILES string of the molecule is Cc1cc(-c2noc(-c3ccc(N)nc3)n2)cc(C)c1O. The summed E-state index contributed by atoms with van der Waals surface area (Å²) < 4.78 is 5.25. The fraction of sp³-hybridized carbons (Fsp3) is 0.133. The summed E-state index contributed by atoms with van der Waals surface area (Å²) >= 11 is 0. The molecule has 3 rings (SSSR count). The number of aromatic nitrogens is 3. The van der Waals surface area contributed by atoms with E-state index in [0.717, 1.165) is 16.7 Å². The Morgan fingerprint density at radius 3 is 2.43 bits per heavy atom. The Labute approximate surface area is 121 Å². The van der Waals surface area contributed by atoms with Gasteiger partial charge in [0.1, 0.15) is 11.6 Å². The number of aromatic hydroxyl groups is 1. The molecule has 1 aromatic carbocycles. The van der Waals surface area contributed by atoms with Crippen molar-refractivity contribution in [2.24, 2.45) is 0 Å². The van der Waals surface area contributed by atoms with Crippen LogP contribution in [0.1, 0.15) is 11.1 Å². The molecule has 0 aliphatic rings. The Morgan fingerprint density at radius 1 is 1.10 bits per heavy atom. The number of nitrogens with zero attached hydrogens (tertiary/aromatic N) is 3. The van der Waals surface area contributed by atoms with Gasteiger partial charge in [0.25, 0.3) is 5.89 Å². The highest BCUT2D eigenvalue weighted by Crippen LogP contribution is 2.28. The Hall–Kier alpha value is -2.89. The average Bonchev–Trinajstić information content (AvgIpc) is 2.95. The fourth-order valence-corrected chi connectivity index (χ4v) is 2.07. The third-order valence-electron chi connectivity index (χ3n) is 3.21. The van der Waals surface area contributed by atoms with Crippen LogP contribution in [0.15, 0.2) is 35.0 Å². The summed E-state index contributed by atoms with van der Waals surface area (Å²) in [6, 6.07) is 7.08. The number of anilines is 1. The van der Waals surface area contributed by atoms with Gasteiger partial charge in [-0.2, -0.15) is 4.98 Å². The number of aryl methyl sites for hydroxylation is 2. The zero-order valence-electron chi connectivity index (χ0n) is 11.7. The van der Waals surface area contributed by atoms with Gasteiger partial charge in [0.2, 0.25) is 5.82 Å². The molecule has 3 N–H and O–H groups in total. The molecule has 6 heteroatoms. The molecule has 0 radical (unpaired) electrons. The molecule has 2 aromatic heterocycles. The summed E-state index contributed by atoms with van der Waals surface area (Å²) in [5.74, 6) is 1.56. The van der Waals surface area contributed by atoms with E-state index < -0.39 is 0 Å². The van der Waals surface area contributed by atoms with Crippen LogP contribution in [0, 0.1) is 13.8 Å². The summed E-state index contributed by atoms with van der Waals surface area (Å²) in [6.45, 7) is 3.66. The Bertz CT molecular complexity index is 771. The third-order valence-corrected chi connectivity index (χ3v) is 3.21. The molecule has 0 aliphatic heterocycles. The van der Waals surface area contributed by atoms with E-state index in [1.165, 1.54) is 0 Å². The third kappa shape index (κ3) is 2.43. The smallest absolute Gasteiger partial charge is 0.259 e. The highest BCUT2D eigenvalue weighted by atomic mass is 16.5. The summed E-state index contributed by atoms with van der Waals surface area (Å²) in [5, 5.41) is 13.8. The van der Waals surface area contributed by atoms with Crippen molar-refractivity contribution < 1.29 is 9.63 Å². The molecule has 0 atom stereocenters. The number of hydrogen-bond acceptors (Lipinski definition) is 6. The molecule has 0 spiro atoms. The van der Waals surface area contributed by atoms with E-state index in [4.69, 9.17) is 10.3 Å². The van der Waals surface area contributed by atoms with Gasteiger partial charge in [-0.05, 0) is 49.2 Å². The second-order valence-electron chi connectivity index (χ2n) is 4.85. The van der Waals surface area contributed by atoms with Gasteiger partial charge in [-0.1, -0.05) is 5.16 Å². The molecule has 6 nitrogen and oxygen atoms in total. The number of pyridine rings is 1. The summed E-state index contributed by atoms with van der Waals surface area (Å²) in [5.41, 5.74) is 8.58. The number of rotatable bonds is 2. The van der Waals surface area contributed by atoms with E-state index in [0.29, 0.717) is 23.1 Å². The molecule has 106 valence electrons. The van der Waals surface area contributed by atoms with Gasteiger partial charge in [0.05, 0.1) is 5.56 Å². The maximum Gasteiger partial charge on any atom is 0.259 e. The molecule has 0 bridgehead atoms. The first-order valence-corrected chi connectivity index (χ1v) is 6.41. The van der Waals surface area contributed by atoms with Crippen molar-refractivity contribution in [3.8, 4) is 28.6 Å². The molecule has 0 fully saturated rings. The number of nitrogen functional groups attached to an aromatic ring is 1. The molecule has 0 unspecified atom stereocenters. The van der Waals surface area contributed by atoms with E-state index in [-0.39, 0.29) is 5.75 Å². The van der Waals surface area contributed by atoms with E-state index in [1.54, 1.807) is 18.3 Å². The van der Waals surface area contributed by atoms with Crippen LogP contribution in [-0.4, -0.2) is 20.2 Å². The van der Waals surface area contributed by atoms with Crippen LogP contribution in [0.25, 0.3) is 22.8 Å². The Balaban J connectivity index is 2.00. The van der Waals surface area contributed by atoms with Crippen LogP contribution < -0.4 is 5.73 Å². The quantitative estimate of drug-likeness (QED) is 0.750. The number of phenolic OH excluding ortho intramolecular Hbond substituents is 1. The van der Waals surface area contributed by atoms with Crippen LogP contribution in [0.5, 0.6) is 5.75 Å². The maximum atomic E-state index is 9.80. The lowest BCUT2D eigenvalue weighted by Gasteiger charge is -2.04. The zero-order valence-corrected chi connectivity index (χ0v) is 11.7. The molecule has 0 amide bonds. The van der Waals surface area contributed by atoms with Crippen LogP contribution in [0.3, 0.4) is 0 Å². The molecule has 0 aliphatic carbocycles. The van der Waals surface area contributed by atoms with E-state index in [2.05, 4.69) is 15.1 Å². The van der Waals surface area contributed by atoms with Crippen molar-refractivity contribution >= 4 is 5.82 Å². The lowest BCUT2D eigenvalue weighted by atomic mass is 10.1. The van der Waals surface area contributed by atoms with Gasteiger partial charge in [-0.25, -0.2) is 4.98 Å². The van der Waals surface area contributed by atoms with Gasteiger partial charge in [-0.15, -0.1) is 0 Å². The van der Waals surface area contributed by atoms with Gasteiger partial charge >= 0.3 is 0 Å². The maximum absolute atomic E-state index is 9.80. The number of benzene rings is 1. The summed E-state index contributed by atoms with van der Waals surface area (Å²) in [7, 11) is 0. The molecule has 2 heterocycles. The van der Waals surface area contributed by atoms with Crippen LogP contribution in [-0.2, 0) is 0 Å². The first kappa shape index (κ1) is 13.1. The minimum Gasteiger partial charge on any atom is -0.507 e. The van der Waals surface area contributed by atoms with E-state index in [9.17, 15) is 5.11 Å². The topological polar surface area (TPSA) is 98.1 Å². The largest absolute Gasteiger partial charge is 0.507 e. The zero-order chi connectivity index (χ0) is 15.0. The molecular weight excluding hydrogens is 268 g/mol. The van der Waals surface area contributed by atoms with Gasteiger partial charge in [0, 0.05) is 11.8 Å². The van der Waals surface area contributed by atoms with Gasteiger partial charge in [0.15, 0.2) is 0 Å². The van der Waals surface area contributed by atoms with Crippen molar-refractivity contribution in [3.63, 3.8) is 0 Å². The van der Waals surface area contributed by atoms with Crippen molar-refractivity contribution in [3.05, 3.63) is 41.6 Å². The van der Waals surface area contributed by atoms with Gasteiger partial charge < -0.3 is 15.4 Å². The second-order valence-corrected chi connectivity index (χ2v) is 4.85. The van der Waals surface area contributed by atoms with Crippen LogP contribution in [0.2, 0.25) is 0 Å². The van der Waals surface area contributed by atoms with Crippen LogP contribution in [0.4, 0.5) is 5.82 Å². The van der Waals surface area contributed by atoms with Crippen molar-refractivity contribution in [2.45, 2.75) is 13.8 Å². The van der Waals surface area contributed by atoms with Crippen molar-refractivity contribution in [2.75, 3.05) is 5.73 Å². The lowest BCUT2D eigenvalue weighted by Crippen LogP contribution is -1.89. The predicted octanol–water partition coefficient (Wildman–Crippen LogP) is 2.70. The average molecular weight is 282 g/mol. The molecule has 0 saturated heterocycles. The molecular formula is C15H14N4O2. The molecule has 3 aromatic rings. The fourth-order valence-electron chi connectivity index (χ4n) is 2.07.